The van der Waals surface area contributed by atoms with Crippen LogP contribution in [0.4, 0.5) is 0 Å². The van der Waals surface area contributed by atoms with Crippen LogP contribution in [0.5, 0.6) is 0 Å². The summed E-state index contributed by atoms with van der Waals surface area (Å²) in [4.78, 5) is 32.5. The average molecular weight is 228 g/mol. The van der Waals surface area contributed by atoms with Gasteiger partial charge in [-0.3, -0.25) is 0 Å². The fourth-order valence-electron chi connectivity index (χ4n) is 0.543. The first kappa shape index (κ1) is 14.1. The molecule has 1 N–H and O–H groups in total. The normalized spacial score (nSPS) is 9.88. The number of hydrogen-bond donors (Lipinski definition) is 1. The number of carbonyl (C=O) groups is 3. The van der Waals surface area contributed by atoms with Gasteiger partial charge in [-0.1, -0.05) is 6.58 Å². The molecule has 0 aliphatic rings. The maximum atomic E-state index is 10.9. The highest BCUT2D eigenvalue weighted by molar-refractivity contribution is 6.00. The monoisotopic (exact) mass is 228 g/mol. The maximum absolute atomic E-state index is 10.9. The molecular formula is C10H12O6. The van der Waals surface area contributed by atoms with Crippen LogP contribution < -0.4 is 0 Å². The van der Waals surface area contributed by atoms with Crippen LogP contribution in [-0.4, -0.2) is 36.2 Å². The molecule has 0 bridgehead atoms. The van der Waals surface area contributed by atoms with Gasteiger partial charge in [0, 0.05) is 17.7 Å². The van der Waals surface area contributed by atoms with Gasteiger partial charge in [0.25, 0.3) is 0 Å². The Hall–Kier alpha value is -1.95. The van der Waals surface area contributed by atoms with Crippen LogP contribution in [0, 0.1) is 0 Å². The standard InChI is InChI=1S/C10H12O6/c1-7(2)10(14)16-9(13)4-3-8(12)15-6-5-11/h3-4,11H,1,5-6H2,2H3/b4-3-. The molecule has 0 aliphatic heterocycles. The second kappa shape index (κ2) is 7.36. The van der Waals surface area contributed by atoms with Crippen LogP contribution in [0.1, 0.15) is 6.92 Å². The van der Waals surface area contributed by atoms with E-state index in [1.807, 2.05) is 0 Å². The predicted octanol–water partition coefficient (Wildman–Crippen LogP) is -0.276. The summed E-state index contributed by atoms with van der Waals surface area (Å²) in [7, 11) is 0. The summed E-state index contributed by atoms with van der Waals surface area (Å²) >= 11 is 0. The van der Waals surface area contributed by atoms with E-state index in [0.29, 0.717) is 0 Å². The van der Waals surface area contributed by atoms with Gasteiger partial charge in [0.2, 0.25) is 0 Å². The minimum absolute atomic E-state index is 0.0737. The summed E-state index contributed by atoms with van der Waals surface area (Å²) in [6, 6.07) is 0. The molecule has 0 saturated heterocycles. The molecule has 0 atom stereocenters. The van der Waals surface area contributed by atoms with Crippen LogP contribution in [-0.2, 0) is 23.9 Å². The van der Waals surface area contributed by atoms with E-state index in [1.165, 1.54) is 6.92 Å². The van der Waals surface area contributed by atoms with E-state index < -0.39 is 17.9 Å². The number of aliphatic hydroxyl groups excluding tert-OH is 1. The van der Waals surface area contributed by atoms with Gasteiger partial charge in [0.1, 0.15) is 6.61 Å². The van der Waals surface area contributed by atoms with Crippen LogP contribution in [0.2, 0.25) is 0 Å². The van der Waals surface area contributed by atoms with Crippen molar-refractivity contribution in [3.8, 4) is 0 Å². The second-order valence-electron chi connectivity index (χ2n) is 2.71. The number of ether oxygens (including phenoxy) is 2. The van der Waals surface area contributed by atoms with Crippen molar-refractivity contribution in [2.45, 2.75) is 6.92 Å². The van der Waals surface area contributed by atoms with Crippen molar-refractivity contribution < 1.29 is 29.0 Å². The molecular weight excluding hydrogens is 216 g/mol. The molecule has 88 valence electrons. The molecule has 0 radical (unpaired) electrons. The summed E-state index contributed by atoms with van der Waals surface area (Å²) in [5.74, 6) is -2.67. The van der Waals surface area contributed by atoms with Crippen LogP contribution in [0.3, 0.4) is 0 Å². The SMILES string of the molecule is C=C(C)C(=O)OC(=O)/C=C\C(=O)OCCO. The van der Waals surface area contributed by atoms with Gasteiger partial charge < -0.3 is 14.6 Å². The Morgan fingerprint density at radius 3 is 2.31 bits per heavy atom. The van der Waals surface area contributed by atoms with E-state index >= 15 is 0 Å². The molecule has 0 amide bonds. The fraction of sp³-hybridized carbons (Fsp3) is 0.300. The highest BCUT2D eigenvalue weighted by atomic mass is 16.6. The third-order valence-corrected chi connectivity index (χ3v) is 1.23. The lowest BCUT2D eigenvalue weighted by Crippen LogP contribution is -2.11. The van der Waals surface area contributed by atoms with Crippen molar-refractivity contribution in [2.24, 2.45) is 0 Å². The summed E-state index contributed by atoms with van der Waals surface area (Å²) in [6.07, 6.45) is 1.55. The molecule has 0 fully saturated rings. The van der Waals surface area contributed by atoms with Gasteiger partial charge in [0.05, 0.1) is 6.61 Å². The predicted molar refractivity (Wildman–Crippen MR) is 53.1 cm³/mol. The molecule has 6 nitrogen and oxygen atoms in total. The van der Waals surface area contributed by atoms with Crippen molar-refractivity contribution in [2.75, 3.05) is 13.2 Å². The topological polar surface area (TPSA) is 89.9 Å². The molecule has 16 heavy (non-hydrogen) atoms. The fourth-order valence-corrected chi connectivity index (χ4v) is 0.543. The Morgan fingerprint density at radius 2 is 1.81 bits per heavy atom. The third-order valence-electron chi connectivity index (χ3n) is 1.23. The number of esters is 3. The molecule has 0 aromatic carbocycles. The molecule has 0 aromatic heterocycles. The van der Waals surface area contributed by atoms with Crippen molar-refractivity contribution >= 4 is 17.9 Å². The minimum atomic E-state index is -0.992. The zero-order valence-electron chi connectivity index (χ0n) is 8.76. The zero-order valence-corrected chi connectivity index (χ0v) is 8.76. The Bertz CT molecular complexity index is 328. The van der Waals surface area contributed by atoms with Crippen molar-refractivity contribution in [3.63, 3.8) is 0 Å². The Labute approximate surface area is 92.2 Å². The van der Waals surface area contributed by atoms with Gasteiger partial charge in [-0.15, -0.1) is 0 Å². The van der Waals surface area contributed by atoms with E-state index in [1.54, 1.807) is 0 Å². The van der Waals surface area contributed by atoms with Crippen molar-refractivity contribution in [1.82, 2.24) is 0 Å². The van der Waals surface area contributed by atoms with Crippen LogP contribution in [0.15, 0.2) is 24.3 Å². The summed E-state index contributed by atoms with van der Waals surface area (Å²) in [5, 5.41) is 8.33. The average Bonchev–Trinajstić information content (AvgIpc) is 2.23. The van der Waals surface area contributed by atoms with Gasteiger partial charge >= 0.3 is 17.9 Å². The Balaban J connectivity index is 4.04. The van der Waals surface area contributed by atoms with E-state index in [9.17, 15) is 14.4 Å². The second-order valence-corrected chi connectivity index (χ2v) is 2.71. The lowest BCUT2D eigenvalue weighted by atomic mass is 10.4. The van der Waals surface area contributed by atoms with Crippen LogP contribution in [0.25, 0.3) is 0 Å². The highest BCUT2D eigenvalue weighted by Crippen LogP contribution is 1.93. The van der Waals surface area contributed by atoms with Gasteiger partial charge in [-0.2, -0.15) is 0 Å². The molecule has 6 heteroatoms. The van der Waals surface area contributed by atoms with E-state index in [0.717, 1.165) is 12.2 Å². The summed E-state index contributed by atoms with van der Waals surface area (Å²) in [6.45, 7) is 4.19. The molecule has 0 heterocycles. The van der Waals surface area contributed by atoms with Gasteiger partial charge in [-0.25, -0.2) is 14.4 Å². The van der Waals surface area contributed by atoms with E-state index in [4.69, 9.17) is 5.11 Å². The molecule has 0 saturated carbocycles. The lowest BCUT2D eigenvalue weighted by molar-refractivity contribution is -0.153. The Kier molecular flexibility index (Phi) is 6.46. The first-order valence-electron chi connectivity index (χ1n) is 4.34. The first-order chi connectivity index (χ1) is 7.47. The molecule has 0 aliphatic carbocycles. The van der Waals surface area contributed by atoms with E-state index in [-0.39, 0.29) is 18.8 Å². The molecule has 0 aromatic rings. The van der Waals surface area contributed by atoms with E-state index in [2.05, 4.69) is 16.1 Å². The minimum Gasteiger partial charge on any atom is -0.460 e. The number of carbonyl (C=O) groups excluding carboxylic acids is 3. The highest BCUT2D eigenvalue weighted by Gasteiger charge is 2.08. The quantitative estimate of drug-likeness (QED) is 0.395. The Morgan fingerprint density at radius 1 is 1.25 bits per heavy atom. The smallest absolute Gasteiger partial charge is 0.340 e. The lowest BCUT2D eigenvalue weighted by Gasteiger charge is -1.98. The molecule has 0 unspecified atom stereocenters. The molecule has 0 spiro atoms. The number of aliphatic hydroxyl groups is 1. The summed E-state index contributed by atoms with van der Waals surface area (Å²) in [5.41, 5.74) is 0.0737. The number of hydrogen-bond acceptors (Lipinski definition) is 6. The zero-order chi connectivity index (χ0) is 12.6. The van der Waals surface area contributed by atoms with Gasteiger partial charge in [-0.05, 0) is 6.92 Å². The summed E-state index contributed by atoms with van der Waals surface area (Å²) < 4.78 is 8.65. The van der Waals surface area contributed by atoms with Crippen LogP contribution >= 0.6 is 0 Å². The first-order valence-corrected chi connectivity index (χ1v) is 4.34. The third kappa shape index (κ3) is 6.50. The van der Waals surface area contributed by atoms with Crippen molar-refractivity contribution in [3.05, 3.63) is 24.3 Å². The number of rotatable bonds is 5. The maximum Gasteiger partial charge on any atom is 0.340 e. The van der Waals surface area contributed by atoms with Gasteiger partial charge in [0.15, 0.2) is 0 Å². The largest absolute Gasteiger partial charge is 0.460 e. The molecule has 0 rings (SSSR count). The van der Waals surface area contributed by atoms with Crippen molar-refractivity contribution in [1.29, 1.82) is 0 Å².